The summed E-state index contributed by atoms with van der Waals surface area (Å²) >= 11 is 0. The molecule has 0 bridgehead atoms. The van der Waals surface area contributed by atoms with Crippen LogP contribution in [0.2, 0.25) is 0 Å². The Labute approximate surface area is 115 Å². The van der Waals surface area contributed by atoms with Crippen molar-refractivity contribution in [1.29, 1.82) is 0 Å². The number of amides is 2. The number of nitrogens with zero attached hydrogens (tertiary/aromatic N) is 1. The van der Waals surface area contributed by atoms with Crippen molar-refractivity contribution in [1.82, 2.24) is 10.2 Å². The van der Waals surface area contributed by atoms with E-state index in [1.165, 1.54) is 0 Å². The van der Waals surface area contributed by atoms with Crippen LogP contribution in [0.5, 0.6) is 0 Å². The van der Waals surface area contributed by atoms with E-state index in [1.54, 1.807) is 11.0 Å². The normalized spacial score (nSPS) is 27.5. The van der Waals surface area contributed by atoms with Gasteiger partial charge < -0.3 is 10.2 Å². The summed E-state index contributed by atoms with van der Waals surface area (Å²) in [6, 6.07) is -0.372. The van der Waals surface area contributed by atoms with E-state index < -0.39 is 5.54 Å². The Morgan fingerprint density at radius 3 is 2.63 bits per heavy atom. The van der Waals surface area contributed by atoms with Gasteiger partial charge in [0.05, 0.1) is 0 Å². The van der Waals surface area contributed by atoms with Gasteiger partial charge in [-0.2, -0.15) is 0 Å². The molecule has 4 nitrogen and oxygen atoms in total. The molecule has 0 radical (unpaired) electrons. The number of carbonyl (C=O) groups excluding carboxylic acids is 2. The zero-order valence-corrected chi connectivity index (χ0v) is 11.9. The molecule has 1 aliphatic carbocycles. The molecule has 0 aromatic heterocycles. The summed E-state index contributed by atoms with van der Waals surface area (Å²) in [5.41, 5.74) is -0.602. The third-order valence-corrected chi connectivity index (χ3v) is 4.71. The van der Waals surface area contributed by atoms with Crippen LogP contribution in [-0.4, -0.2) is 34.8 Å². The molecule has 0 aromatic carbocycles. The summed E-state index contributed by atoms with van der Waals surface area (Å²) in [5, 5.41) is 2.97. The molecule has 2 aliphatic rings. The van der Waals surface area contributed by atoms with Crippen LogP contribution in [0.15, 0.2) is 12.7 Å². The zero-order chi connectivity index (χ0) is 14.0. The van der Waals surface area contributed by atoms with E-state index in [0.29, 0.717) is 6.54 Å². The molecule has 2 unspecified atom stereocenters. The molecule has 1 saturated carbocycles. The Morgan fingerprint density at radius 2 is 2.11 bits per heavy atom. The van der Waals surface area contributed by atoms with Crippen molar-refractivity contribution in [2.75, 3.05) is 6.54 Å². The molecule has 1 saturated heterocycles. The average Bonchev–Trinajstić information content (AvgIpc) is 2.89. The lowest BCUT2D eigenvalue weighted by Crippen LogP contribution is -2.70. The molecule has 106 valence electrons. The van der Waals surface area contributed by atoms with Crippen LogP contribution in [0.3, 0.4) is 0 Å². The van der Waals surface area contributed by atoms with Gasteiger partial charge in [0.1, 0.15) is 11.6 Å². The summed E-state index contributed by atoms with van der Waals surface area (Å²) in [5.74, 6) is 0.273. The monoisotopic (exact) mass is 264 g/mol. The first-order chi connectivity index (χ1) is 9.06. The second-order valence-electron chi connectivity index (χ2n) is 5.81. The van der Waals surface area contributed by atoms with Gasteiger partial charge in [-0.15, -0.1) is 6.58 Å². The minimum atomic E-state index is -0.602. The Morgan fingerprint density at radius 1 is 1.47 bits per heavy atom. The van der Waals surface area contributed by atoms with Gasteiger partial charge in [-0.05, 0) is 18.8 Å². The van der Waals surface area contributed by atoms with Crippen LogP contribution in [0, 0.1) is 5.92 Å². The fourth-order valence-electron chi connectivity index (χ4n) is 3.31. The number of hydrogen-bond donors (Lipinski definition) is 1. The molecule has 19 heavy (non-hydrogen) atoms. The molecule has 2 rings (SSSR count). The first-order valence-corrected chi connectivity index (χ1v) is 7.30. The lowest BCUT2D eigenvalue weighted by Gasteiger charge is -2.47. The fourth-order valence-corrected chi connectivity index (χ4v) is 3.31. The molecule has 2 amide bonds. The maximum atomic E-state index is 12.7. The summed E-state index contributed by atoms with van der Waals surface area (Å²) in [7, 11) is 0. The van der Waals surface area contributed by atoms with Crippen molar-refractivity contribution in [3.05, 3.63) is 12.7 Å². The molecule has 2 fully saturated rings. The molecular weight excluding hydrogens is 240 g/mol. The van der Waals surface area contributed by atoms with Crippen LogP contribution in [0.1, 0.15) is 46.0 Å². The first-order valence-electron chi connectivity index (χ1n) is 7.30. The summed E-state index contributed by atoms with van der Waals surface area (Å²) in [6.45, 7) is 8.26. The highest BCUT2D eigenvalue weighted by molar-refractivity contribution is 6.00. The number of hydrogen-bond acceptors (Lipinski definition) is 2. The maximum absolute atomic E-state index is 12.7. The lowest BCUT2D eigenvalue weighted by molar-refractivity contribution is -0.158. The minimum absolute atomic E-state index is 0.0387. The molecule has 0 aromatic rings. The van der Waals surface area contributed by atoms with Gasteiger partial charge in [-0.3, -0.25) is 9.59 Å². The van der Waals surface area contributed by atoms with Crippen molar-refractivity contribution in [3.8, 4) is 0 Å². The second kappa shape index (κ2) is 5.35. The van der Waals surface area contributed by atoms with Gasteiger partial charge >= 0.3 is 0 Å². The SMILES string of the molecule is C=CCN1C(=O)C(C(C)CC)NC(=O)C12CCCC2. The first kappa shape index (κ1) is 14.1. The van der Waals surface area contributed by atoms with E-state index in [-0.39, 0.29) is 23.8 Å². The van der Waals surface area contributed by atoms with Gasteiger partial charge in [-0.25, -0.2) is 0 Å². The topological polar surface area (TPSA) is 49.4 Å². The van der Waals surface area contributed by atoms with E-state index in [1.807, 2.05) is 13.8 Å². The summed E-state index contributed by atoms with van der Waals surface area (Å²) < 4.78 is 0. The number of piperazine rings is 1. The van der Waals surface area contributed by atoms with Gasteiger partial charge in [0.2, 0.25) is 11.8 Å². The summed E-state index contributed by atoms with van der Waals surface area (Å²) in [4.78, 5) is 27.0. The highest BCUT2D eigenvalue weighted by Crippen LogP contribution is 2.38. The van der Waals surface area contributed by atoms with Crippen molar-refractivity contribution in [2.45, 2.75) is 57.5 Å². The Kier molecular flexibility index (Phi) is 3.97. The van der Waals surface area contributed by atoms with Crippen LogP contribution < -0.4 is 5.32 Å². The van der Waals surface area contributed by atoms with Crippen molar-refractivity contribution in [3.63, 3.8) is 0 Å². The fraction of sp³-hybridized carbons (Fsp3) is 0.733. The van der Waals surface area contributed by atoms with E-state index in [4.69, 9.17) is 0 Å². The quantitative estimate of drug-likeness (QED) is 0.788. The maximum Gasteiger partial charge on any atom is 0.246 e. The van der Waals surface area contributed by atoms with Crippen molar-refractivity contribution < 1.29 is 9.59 Å². The largest absolute Gasteiger partial charge is 0.342 e. The van der Waals surface area contributed by atoms with Crippen LogP contribution in [0.4, 0.5) is 0 Å². The molecule has 2 atom stereocenters. The molecule has 1 N–H and O–H groups in total. The van der Waals surface area contributed by atoms with Gasteiger partial charge in [0.25, 0.3) is 0 Å². The van der Waals surface area contributed by atoms with E-state index >= 15 is 0 Å². The highest BCUT2D eigenvalue weighted by Gasteiger charge is 2.53. The average molecular weight is 264 g/mol. The predicted octanol–water partition coefficient (Wildman–Crippen LogP) is 1.86. The Bertz CT molecular complexity index is 386. The third kappa shape index (κ3) is 2.17. The second-order valence-corrected chi connectivity index (χ2v) is 5.81. The highest BCUT2D eigenvalue weighted by atomic mass is 16.2. The number of rotatable bonds is 4. The molecule has 1 spiro atoms. The number of nitrogens with one attached hydrogen (secondary N) is 1. The van der Waals surface area contributed by atoms with Crippen molar-refractivity contribution >= 4 is 11.8 Å². The van der Waals surface area contributed by atoms with Gasteiger partial charge in [-0.1, -0.05) is 39.2 Å². The van der Waals surface area contributed by atoms with E-state index in [2.05, 4.69) is 11.9 Å². The Hall–Kier alpha value is -1.32. The van der Waals surface area contributed by atoms with E-state index in [9.17, 15) is 9.59 Å². The predicted molar refractivity (Wildman–Crippen MR) is 74.5 cm³/mol. The lowest BCUT2D eigenvalue weighted by atomic mass is 9.86. The number of carbonyl (C=O) groups is 2. The van der Waals surface area contributed by atoms with Crippen molar-refractivity contribution in [2.24, 2.45) is 5.92 Å². The minimum Gasteiger partial charge on any atom is -0.342 e. The third-order valence-electron chi connectivity index (χ3n) is 4.71. The molecular formula is C15H24N2O2. The summed E-state index contributed by atoms with van der Waals surface area (Å²) in [6.07, 6.45) is 6.21. The zero-order valence-electron chi connectivity index (χ0n) is 11.9. The molecule has 4 heteroatoms. The molecule has 1 aliphatic heterocycles. The van der Waals surface area contributed by atoms with Gasteiger partial charge in [0, 0.05) is 6.54 Å². The van der Waals surface area contributed by atoms with Crippen LogP contribution in [0.25, 0.3) is 0 Å². The smallest absolute Gasteiger partial charge is 0.246 e. The van der Waals surface area contributed by atoms with E-state index in [0.717, 1.165) is 32.1 Å². The Balaban J connectivity index is 2.31. The molecule has 1 heterocycles. The van der Waals surface area contributed by atoms with Crippen LogP contribution in [-0.2, 0) is 9.59 Å². The van der Waals surface area contributed by atoms with Crippen LogP contribution >= 0.6 is 0 Å². The standard InChI is InChI=1S/C15H24N2O2/c1-4-10-17-13(18)12(11(3)5-2)16-14(19)15(17)8-6-7-9-15/h4,11-12H,1,5-10H2,2-3H3,(H,16,19). The van der Waals surface area contributed by atoms with Gasteiger partial charge in [0.15, 0.2) is 0 Å².